The van der Waals surface area contributed by atoms with E-state index < -0.39 is 4.92 Å². The number of phenols is 1. The lowest BCUT2D eigenvalue weighted by molar-refractivity contribution is -0.384. The number of nitrogens with one attached hydrogen (secondary N) is 1. The van der Waals surface area contributed by atoms with Crippen molar-refractivity contribution in [3.63, 3.8) is 0 Å². The Labute approximate surface area is 123 Å². The fraction of sp³-hybridized carbons (Fsp3) is 0. The number of nitro benzene ring substituents is 1. The highest BCUT2D eigenvalue weighted by atomic mass is 79.9. The Morgan fingerprint density at radius 2 is 1.95 bits per heavy atom. The summed E-state index contributed by atoms with van der Waals surface area (Å²) in [5.74, 6) is 0.158. The molecule has 102 valence electrons. The van der Waals surface area contributed by atoms with Crippen molar-refractivity contribution in [3.05, 3.63) is 62.6 Å². The van der Waals surface area contributed by atoms with Crippen molar-refractivity contribution in [2.45, 2.75) is 0 Å². The molecule has 0 heterocycles. The third-order valence-corrected chi connectivity index (χ3v) is 3.09. The second kappa shape index (κ2) is 6.16. The standard InChI is InChI=1S/C13H10BrN3O3/c14-12-7-9(1-6-13(12)18)8-15-16-10-2-4-11(5-3-10)17(19)20/h1-8,16,18H/b15-8-. The molecule has 6 nitrogen and oxygen atoms in total. The van der Waals surface area contributed by atoms with Crippen LogP contribution in [-0.4, -0.2) is 16.2 Å². The number of hydrogen-bond donors (Lipinski definition) is 2. The van der Waals surface area contributed by atoms with Crippen LogP contribution in [0.2, 0.25) is 0 Å². The van der Waals surface area contributed by atoms with E-state index in [4.69, 9.17) is 0 Å². The first-order valence-electron chi connectivity index (χ1n) is 5.58. The summed E-state index contributed by atoms with van der Waals surface area (Å²) in [5.41, 5.74) is 4.23. The second-order valence-corrected chi connectivity index (χ2v) is 4.74. The highest BCUT2D eigenvalue weighted by molar-refractivity contribution is 9.10. The number of rotatable bonds is 4. The first-order valence-corrected chi connectivity index (χ1v) is 6.37. The fourth-order valence-corrected chi connectivity index (χ4v) is 1.84. The zero-order chi connectivity index (χ0) is 14.5. The number of benzene rings is 2. The number of phenolic OH excluding ortho intramolecular Hbond substituents is 1. The average Bonchev–Trinajstić information content (AvgIpc) is 2.43. The molecule has 0 aliphatic heterocycles. The van der Waals surface area contributed by atoms with Gasteiger partial charge < -0.3 is 5.11 Å². The summed E-state index contributed by atoms with van der Waals surface area (Å²) >= 11 is 3.21. The molecule has 0 aliphatic carbocycles. The van der Waals surface area contributed by atoms with Crippen LogP contribution < -0.4 is 5.43 Å². The van der Waals surface area contributed by atoms with Crippen molar-refractivity contribution in [2.75, 3.05) is 5.43 Å². The van der Waals surface area contributed by atoms with Crippen LogP contribution in [0.15, 0.2) is 52.0 Å². The molecular weight excluding hydrogens is 326 g/mol. The predicted molar refractivity (Wildman–Crippen MR) is 80.1 cm³/mol. The van der Waals surface area contributed by atoms with Gasteiger partial charge in [-0.25, -0.2) is 0 Å². The van der Waals surface area contributed by atoms with Crippen molar-refractivity contribution >= 4 is 33.5 Å². The van der Waals surface area contributed by atoms with Gasteiger partial charge in [0.15, 0.2) is 0 Å². The molecular formula is C13H10BrN3O3. The first kappa shape index (κ1) is 14.0. The van der Waals surface area contributed by atoms with Gasteiger partial charge >= 0.3 is 0 Å². The van der Waals surface area contributed by atoms with Crippen molar-refractivity contribution < 1.29 is 10.0 Å². The molecule has 2 aromatic carbocycles. The summed E-state index contributed by atoms with van der Waals surface area (Å²) in [6.45, 7) is 0. The van der Waals surface area contributed by atoms with Gasteiger partial charge in [0.2, 0.25) is 0 Å². The highest BCUT2D eigenvalue weighted by Crippen LogP contribution is 2.23. The van der Waals surface area contributed by atoms with Crippen molar-refractivity contribution in [1.29, 1.82) is 0 Å². The van der Waals surface area contributed by atoms with Crippen LogP contribution in [0, 0.1) is 10.1 Å². The molecule has 0 bridgehead atoms. The third kappa shape index (κ3) is 3.55. The highest BCUT2D eigenvalue weighted by Gasteiger charge is 2.02. The van der Waals surface area contributed by atoms with Gasteiger partial charge in [-0.3, -0.25) is 15.5 Å². The number of anilines is 1. The van der Waals surface area contributed by atoms with Crippen LogP contribution in [0.25, 0.3) is 0 Å². The summed E-state index contributed by atoms with van der Waals surface area (Å²) in [6, 6.07) is 10.9. The number of halogens is 1. The molecule has 0 aromatic heterocycles. The predicted octanol–water partition coefficient (Wildman–Crippen LogP) is 3.51. The molecule has 20 heavy (non-hydrogen) atoms. The van der Waals surface area contributed by atoms with E-state index in [1.807, 2.05) is 0 Å². The monoisotopic (exact) mass is 335 g/mol. The minimum absolute atomic E-state index is 0.0296. The van der Waals surface area contributed by atoms with E-state index in [0.717, 1.165) is 5.56 Å². The Morgan fingerprint density at radius 1 is 1.25 bits per heavy atom. The van der Waals surface area contributed by atoms with Crippen LogP contribution in [-0.2, 0) is 0 Å². The molecule has 2 rings (SSSR count). The Balaban J connectivity index is 2.02. The molecule has 0 fully saturated rings. The number of nitro groups is 1. The first-order chi connectivity index (χ1) is 9.56. The van der Waals surface area contributed by atoms with Crippen molar-refractivity contribution in [2.24, 2.45) is 5.10 Å². The molecule has 0 amide bonds. The smallest absolute Gasteiger partial charge is 0.269 e. The van der Waals surface area contributed by atoms with E-state index in [1.54, 1.807) is 36.5 Å². The summed E-state index contributed by atoms with van der Waals surface area (Å²) in [5, 5.41) is 23.9. The van der Waals surface area contributed by atoms with E-state index in [9.17, 15) is 15.2 Å². The molecule has 0 saturated heterocycles. The van der Waals surface area contributed by atoms with Gasteiger partial charge in [-0.2, -0.15) is 5.10 Å². The van der Waals surface area contributed by atoms with E-state index in [1.165, 1.54) is 12.1 Å². The maximum absolute atomic E-state index is 10.5. The van der Waals surface area contributed by atoms with Crippen LogP contribution in [0.1, 0.15) is 5.56 Å². The molecule has 0 unspecified atom stereocenters. The maximum atomic E-state index is 10.5. The number of hydrazone groups is 1. The number of hydrogen-bond acceptors (Lipinski definition) is 5. The van der Waals surface area contributed by atoms with Crippen LogP contribution in [0.4, 0.5) is 11.4 Å². The van der Waals surface area contributed by atoms with Gasteiger partial charge in [0.05, 0.1) is 21.3 Å². The Kier molecular flexibility index (Phi) is 4.31. The SMILES string of the molecule is O=[N+]([O-])c1ccc(N/N=C\c2ccc(O)c(Br)c2)cc1. The van der Waals surface area contributed by atoms with E-state index in [2.05, 4.69) is 26.5 Å². The lowest BCUT2D eigenvalue weighted by Crippen LogP contribution is -1.92. The van der Waals surface area contributed by atoms with Gasteiger partial charge in [0, 0.05) is 12.1 Å². The summed E-state index contributed by atoms with van der Waals surface area (Å²) in [4.78, 5) is 10.0. The van der Waals surface area contributed by atoms with Gasteiger partial charge in [0.25, 0.3) is 5.69 Å². The molecule has 0 saturated carbocycles. The molecule has 0 spiro atoms. The van der Waals surface area contributed by atoms with E-state index >= 15 is 0 Å². The normalized spacial score (nSPS) is 10.7. The molecule has 2 aromatic rings. The zero-order valence-electron chi connectivity index (χ0n) is 10.2. The number of aromatic hydroxyl groups is 1. The molecule has 0 atom stereocenters. The molecule has 0 radical (unpaired) electrons. The zero-order valence-corrected chi connectivity index (χ0v) is 11.7. The fourth-order valence-electron chi connectivity index (χ4n) is 1.44. The Hall–Kier alpha value is -2.41. The second-order valence-electron chi connectivity index (χ2n) is 3.88. The average molecular weight is 336 g/mol. The summed E-state index contributed by atoms with van der Waals surface area (Å²) in [6.07, 6.45) is 1.58. The largest absolute Gasteiger partial charge is 0.507 e. The number of non-ortho nitro benzene ring substituents is 1. The lowest BCUT2D eigenvalue weighted by Gasteiger charge is -2.00. The Morgan fingerprint density at radius 3 is 2.55 bits per heavy atom. The number of nitrogens with zero attached hydrogens (tertiary/aromatic N) is 2. The molecule has 7 heteroatoms. The van der Waals surface area contributed by atoms with Crippen molar-refractivity contribution in [3.8, 4) is 5.75 Å². The van der Waals surface area contributed by atoms with E-state index in [0.29, 0.717) is 10.2 Å². The van der Waals surface area contributed by atoms with Gasteiger partial charge in [-0.1, -0.05) is 0 Å². The maximum Gasteiger partial charge on any atom is 0.269 e. The minimum atomic E-state index is -0.457. The van der Waals surface area contributed by atoms with Crippen molar-refractivity contribution in [1.82, 2.24) is 0 Å². The van der Waals surface area contributed by atoms with Crippen LogP contribution in [0.5, 0.6) is 5.75 Å². The van der Waals surface area contributed by atoms with Crippen LogP contribution in [0.3, 0.4) is 0 Å². The van der Waals surface area contributed by atoms with E-state index in [-0.39, 0.29) is 11.4 Å². The van der Waals surface area contributed by atoms with Crippen LogP contribution >= 0.6 is 15.9 Å². The van der Waals surface area contributed by atoms with Gasteiger partial charge in [-0.05, 0) is 51.8 Å². The third-order valence-electron chi connectivity index (χ3n) is 2.46. The lowest BCUT2D eigenvalue weighted by atomic mass is 10.2. The summed E-state index contributed by atoms with van der Waals surface area (Å²) < 4.78 is 0.580. The van der Waals surface area contributed by atoms with Gasteiger partial charge in [-0.15, -0.1) is 0 Å². The quantitative estimate of drug-likeness (QED) is 0.508. The summed E-state index contributed by atoms with van der Waals surface area (Å²) in [7, 11) is 0. The minimum Gasteiger partial charge on any atom is -0.507 e. The van der Waals surface area contributed by atoms with Gasteiger partial charge in [0.1, 0.15) is 5.75 Å². The topological polar surface area (TPSA) is 87.8 Å². The molecule has 0 aliphatic rings. The Bertz CT molecular complexity index is 656. The molecule has 2 N–H and O–H groups in total.